The SMILES string of the molecule is C[C@@H]1CN(c2ccc(C(F)(F)F)c3ccoc23)CCN1. The van der Waals surface area contributed by atoms with Crippen LogP contribution in [-0.4, -0.2) is 25.7 Å². The second-order valence-electron chi connectivity index (χ2n) is 5.09. The minimum atomic E-state index is -4.36. The van der Waals surface area contributed by atoms with Crippen LogP contribution >= 0.6 is 0 Å². The minimum Gasteiger partial charge on any atom is -0.462 e. The molecule has 1 atom stereocenters. The second-order valence-corrected chi connectivity index (χ2v) is 5.09. The smallest absolute Gasteiger partial charge is 0.417 e. The van der Waals surface area contributed by atoms with Gasteiger partial charge in [-0.1, -0.05) is 0 Å². The van der Waals surface area contributed by atoms with Crippen LogP contribution in [0.3, 0.4) is 0 Å². The summed E-state index contributed by atoms with van der Waals surface area (Å²) in [6, 6.07) is 4.33. The molecule has 3 nitrogen and oxygen atoms in total. The fourth-order valence-electron chi connectivity index (χ4n) is 2.69. The molecule has 108 valence electrons. The van der Waals surface area contributed by atoms with Gasteiger partial charge in [0.2, 0.25) is 0 Å². The monoisotopic (exact) mass is 284 g/mol. The van der Waals surface area contributed by atoms with E-state index in [4.69, 9.17) is 4.42 Å². The molecule has 6 heteroatoms. The van der Waals surface area contributed by atoms with Crippen LogP contribution in [0.4, 0.5) is 18.9 Å². The van der Waals surface area contributed by atoms with Gasteiger partial charge in [-0.3, -0.25) is 0 Å². The predicted octanol–water partition coefficient (Wildman–Crippen LogP) is 3.25. The van der Waals surface area contributed by atoms with Crippen molar-refractivity contribution < 1.29 is 17.6 Å². The molecule has 0 aliphatic carbocycles. The zero-order chi connectivity index (χ0) is 14.3. The molecule has 1 saturated heterocycles. The third-order valence-corrected chi connectivity index (χ3v) is 3.61. The lowest BCUT2D eigenvalue weighted by Gasteiger charge is -2.33. The Morgan fingerprint density at radius 2 is 2.10 bits per heavy atom. The summed E-state index contributed by atoms with van der Waals surface area (Å²) in [5.74, 6) is 0. The van der Waals surface area contributed by atoms with Crippen LogP contribution in [0.2, 0.25) is 0 Å². The normalized spacial score (nSPS) is 20.6. The fraction of sp³-hybridized carbons (Fsp3) is 0.429. The van der Waals surface area contributed by atoms with Gasteiger partial charge in [0, 0.05) is 31.1 Å². The lowest BCUT2D eigenvalue weighted by molar-refractivity contribution is -0.136. The van der Waals surface area contributed by atoms with Crippen molar-refractivity contribution in [3.63, 3.8) is 0 Å². The van der Waals surface area contributed by atoms with Gasteiger partial charge >= 0.3 is 6.18 Å². The van der Waals surface area contributed by atoms with Gasteiger partial charge in [-0.05, 0) is 25.1 Å². The first-order chi connectivity index (χ1) is 9.47. The van der Waals surface area contributed by atoms with Gasteiger partial charge in [0.15, 0.2) is 5.58 Å². The van der Waals surface area contributed by atoms with Crippen molar-refractivity contribution >= 4 is 16.7 Å². The van der Waals surface area contributed by atoms with E-state index in [0.717, 1.165) is 31.4 Å². The molecule has 0 bridgehead atoms. The molecule has 1 aromatic carbocycles. The molecule has 0 saturated carbocycles. The highest BCUT2D eigenvalue weighted by atomic mass is 19.4. The van der Waals surface area contributed by atoms with Gasteiger partial charge in [0.25, 0.3) is 0 Å². The average Bonchev–Trinajstić information content (AvgIpc) is 2.85. The summed E-state index contributed by atoms with van der Waals surface area (Å²) in [6.07, 6.45) is -3.05. The lowest BCUT2D eigenvalue weighted by atomic mass is 10.1. The Hall–Kier alpha value is -1.69. The molecule has 20 heavy (non-hydrogen) atoms. The van der Waals surface area contributed by atoms with Crippen LogP contribution in [0, 0.1) is 0 Å². The van der Waals surface area contributed by atoms with Crippen molar-refractivity contribution in [3.8, 4) is 0 Å². The number of halogens is 3. The number of hydrogen-bond donors (Lipinski definition) is 1. The number of anilines is 1. The molecule has 1 fully saturated rings. The summed E-state index contributed by atoms with van der Waals surface area (Å²) in [4.78, 5) is 2.06. The molecule has 0 amide bonds. The molecule has 2 heterocycles. The molecule has 0 unspecified atom stereocenters. The first-order valence-corrected chi connectivity index (χ1v) is 6.52. The first kappa shape index (κ1) is 13.3. The molecule has 0 radical (unpaired) electrons. The van der Waals surface area contributed by atoms with E-state index in [9.17, 15) is 13.2 Å². The summed E-state index contributed by atoms with van der Waals surface area (Å²) in [7, 11) is 0. The highest BCUT2D eigenvalue weighted by Crippen LogP contribution is 2.39. The maximum absolute atomic E-state index is 13.0. The van der Waals surface area contributed by atoms with Crippen molar-refractivity contribution in [2.24, 2.45) is 0 Å². The summed E-state index contributed by atoms with van der Waals surface area (Å²) >= 11 is 0. The van der Waals surface area contributed by atoms with E-state index in [2.05, 4.69) is 17.1 Å². The third kappa shape index (κ3) is 2.24. The highest BCUT2D eigenvalue weighted by Gasteiger charge is 2.34. The topological polar surface area (TPSA) is 28.4 Å². The van der Waals surface area contributed by atoms with Crippen molar-refractivity contribution in [2.75, 3.05) is 24.5 Å². The molecular formula is C14H15F3N2O. The Labute approximate surface area is 114 Å². The van der Waals surface area contributed by atoms with Crippen molar-refractivity contribution in [1.82, 2.24) is 5.32 Å². The van der Waals surface area contributed by atoms with Crippen LogP contribution in [0.5, 0.6) is 0 Å². The highest BCUT2D eigenvalue weighted by molar-refractivity contribution is 5.92. The fourth-order valence-corrected chi connectivity index (χ4v) is 2.69. The summed E-state index contributed by atoms with van der Waals surface area (Å²) in [6.45, 7) is 4.37. The average molecular weight is 284 g/mol. The summed E-state index contributed by atoms with van der Waals surface area (Å²) < 4.78 is 44.2. The van der Waals surface area contributed by atoms with Gasteiger partial charge < -0.3 is 14.6 Å². The number of furan rings is 1. The number of rotatable bonds is 1. The van der Waals surface area contributed by atoms with E-state index < -0.39 is 11.7 Å². The number of fused-ring (bicyclic) bond motifs is 1. The predicted molar refractivity (Wildman–Crippen MR) is 70.9 cm³/mol. The molecule has 1 aromatic heterocycles. The Kier molecular flexibility index (Phi) is 3.12. The van der Waals surface area contributed by atoms with Crippen LogP contribution in [0.15, 0.2) is 28.9 Å². The summed E-state index contributed by atoms with van der Waals surface area (Å²) in [5.41, 5.74) is 0.397. The molecule has 2 aromatic rings. The summed E-state index contributed by atoms with van der Waals surface area (Å²) in [5, 5.41) is 3.43. The second kappa shape index (κ2) is 4.70. The quantitative estimate of drug-likeness (QED) is 0.871. The molecular weight excluding hydrogens is 269 g/mol. The Morgan fingerprint density at radius 1 is 1.30 bits per heavy atom. The van der Waals surface area contributed by atoms with E-state index in [-0.39, 0.29) is 5.39 Å². The van der Waals surface area contributed by atoms with E-state index >= 15 is 0 Å². The van der Waals surface area contributed by atoms with Gasteiger partial charge in [0.05, 0.1) is 17.5 Å². The van der Waals surface area contributed by atoms with Gasteiger partial charge in [-0.15, -0.1) is 0 Å². The largest absolute Gasteiger partial charge is 0.462 e. The van der Waals surface area contributed by atoms with Crippen LogP contribution in [-0.2, 0) is 6.18 Å². The molecule has 1 aliphatic rings. The number of alkyl halides is 3. The van der Waals surface area contributed by atoms with Crippen molar-refractivity contribution in [3.05, 3.63) is 30.0 Å². The number of benzene rings is 1. The van der Waals surface area contributed by atoms with Crippen molar-refractivity contribution in [2.45, 2.75) is 19.1 Å². The zero-order valence-electron chi connectivity index (χ0n) is 11.0. The Balaban J connectivity index is 2.07. The Morgan fingerprint density at radius 3 is 2.80 bits per heavy atom. The maximum atomic E-state index is 13.0. The third-order valence-electron chi connectivity index (χ3n) is 3.61. The maximum Gasteiger partial charge on any atom is 0.417 e. The van der Waals surface area contributed by atoms with E-state index in [1.807, 2.05) is 0 Å². The standard InChI is InChI=1S/C14H15F3N2O/c1-9-8-19(6-5-18-9)12-3-2-11(14(15,16)17)10-4-7-20-13(10)12/h2-4,7,9,18H,5-6,8H2,1H3/t9-/m1/s1. The van der Waals surface area contributed by atoms with E-state index in [0.29, 0.717) is 11.6 Å². The molecule has 0 spiro atoms. The number of nitrogens with one attached hydrogen (secondary N) is 1. The number of hydrogen-bond acceptors (Lipinski definition) is 3. The Bertz CT molecular complexity index is 620. The molecule has 1 N–H and O–H groups in total. The van der Waals surface area contributed by atoms with E-state index in [1.165, 1.54) is 18.4 Å². The van der Waals surface area contributed by atoms with Crippen LogP contribution in [0.25, 0.3) is 11.0 Å². The van der Waals surface area contributed by atoms with Crippen molar-refractivity contribution in [1.29, 1.82) is 0 Å². The van der Waals surface area contributed by atoms with Crippen LogP contribution in [0.1, 0.15) is 12.5 Å². The number of piperazine rings is 1. The lowest BCUT2D eigenvalue weighted by Crippen LogP contribution is -2.49. The van der Waals surface area contributed by atoms with E-state index in [1.54, 1.807) is 0 Å². The first-order valence-electron chi connectivity index (χ1n) is 6.52. The van der Waals surface area contributed by atoms with Crippen LogP contribution < -0.4 is 10.2 Å². The van der Waals surface area contributed by atoms with Gasteiger partial charge in [-0.25, -0.2) is 0 Å². The molecule has 1 aliphatic heterocycles. The minimum absolute atomic E-state index is 0.126. The van der Waals surface area contributed by atoms with Gasteiger partial charge in [-0.2, -0.15) is 13.2 Å². The van der Waals surface area contributed by atoms with Gasteiger partial charge in [0.1, 0.15) is 0 Å². The molecule has 3 rings (SSSR count). The number of nitrogens with zero attached hydrogens (tertiary/aromatic N) is 1. The zero-order valence-corrected chi connectivity index (χ0v) is 11.0.